The molecule has 4 atom stereocenters. The van der Waals surface area contributed by atoms with E-state index >= 15 is 0 Å². The Kier molecular flexibility index (Phi) is 4.96. The molecule has 0 aromatic rings. The van der Waals surface area contributed by atoms with E-state index in [1.807, 2.05) is 0 Å². The molecule has 2 aliphatic rings. The average Bonchev–Trinajstić information content (AvgIpc) is 2.80. The van der Waals surface area contributed by atoms with Crippen LogP contribution in [0.5, 0.6) is 0 Å². The number of primary amides is 1. The van der Waals surface area contributed by atoms with Crippen LogP contribution in [0.4, 0.5) is 0 Å². The van der Waals surface area contributed by atoms with E-state index in [9.17, 15) is 4.79 Å². The molecule has 5 heteroatoms. The Bertz CT molecular complexity index is 374. The SMILES string of the molecule is CC(C)NC1(C(N)=O)CCC(N2CC(C)N(C)C(C)C2)C1. The average molecular weight is 296 g/mol. The van der Waals surface area contributed by atoms with Gasteiger partial charge in [-0.2, -0.15) is 0 Å². The molecule has 1 aliphatic heterocycles. The first-order valence-electron chi connectivity index (χ1n) is 8.29. The molecule has 1 saturated carbocycles. The van der Waals surface area contributed by atoms with Gasteiger partial charge < -0.3 is 11.1 Å². The lowest BCUT2D eigenvalue weighted by molar-refractivity contribution is -0.124. The Labute approximate surface area is 129 Å². The molecule has 0 radical (unpaired) electrons. The molecule has 3 N–H and O–H groups in total. The number of rotatable bonds is 4. The van der Waals surface area contributed by atoms with Crippen molar-refractivity contribution in [1.29, 1.82) is 0 Å². The predicted molar refractivity (Wildman–Crippen MR) is 86.1 cm³/mol. The van der Waals surface area contributed by atoms with Crippen molar-refractivity contribution in [3.8, 4) is 0 Å². The van der Waals surface area contributed by atoms with E-state index < -0.39 is 5.54 Å². The summed E-state index contributed by atoms with van der Waals surface area (Å²) in [4.78, 5) is 17.0. The van der Waals surface area contributed by atoms with Crippen LogP contribution >= 0.6 is 0 Å². The Morgan fingerprint density at radius 2 is 1.86 bits per heavy atom. The fraction of sp³-hybridized carbons (Fsp3) is 0.938. The van der Waals surface area contributed by atoms with Gasteiger partial charge in [-0.15, -0.1) is 0 Å². The minimum absolute atomic E-state index is 0.186. The highest BCUT2D eigenvalue weighted by Crippen LogP contribution is 2.35. The molecular formula is C16H32N4O. The molecule has 0 aromatic carbocycles. The Hall–Kier alpha value is -0.650. The molecule has 21 heavy (non-hydrogen) atoms. The summed E-state index contributed by atoms with van der Waals surface area (Å²) in [6, 6.07) is 1.88. The topological polar surface area (TPSA) is 61.6 Å². The lowest BCUT2D eigenvalue weighted by Gasteiger charge is -2.45. The van der Waals surface area contributed by atoms with Crippen LogP contribution in [0, 0.1) is 0 Å². The van der Waals surface area contributed by atoms with Gasteiger partial charge in [0, 0.05) is 37.3 Å². The van der Waals surface area contributed by atoms with Gasteiger partial charge in [-0.3, -0.25) is 14.6 Å². The molecule has 0 spiro atoms. The first-order chi connectivity index (χ1) is 9.75. The molecule has 1 aliphatic carbocycles. The van der Waals surface area contributed by atoms with Crippen molar-refractivity contribution in [2.75, 3.05) is 20.1 Å². The van der Waals surface area contributed by atoms with Gasteiger partial charge in [0.2, 0.25) is 5.91 Å². The van der Waals surface area contributed by atoms with Gasteiger partial charge in [-0.1, -0.05) is 0 Å². The third-order valence-corrected chi connectivity index (χ3v) is 5.43. The number of piperazine rings is 1. The molecule has 0 bridgehead atoms. The number of carbonyl (C=O) groups is 1. The molecule has 2 rings (SSSR count). The van der Waals surface area contributed by atoms with Crippen LogP contribution < -0.4 is 11.1 Å². The highest BCUT2D eigenvalue weighted by molar-refractivity contribution is 5.85. The van der Waals surface area contributed by atoms with Gasteiger partial charge in [0.05, 0.1) is 5.54 Å². The molecule has 1 amide bonds. The molecule has 122 valence electrons. The van der Waals surface area contributed by atoms with E-state index in [4.69, 9.17) is 5.73 Å². The van der Waals surface area contributed by atoms with Crippen LogP contribution in [0.25, 0.3) is 0 Å². The second kappa shape index (κ2) is 6.23. The summed E-state index contributed by atoms with van der Waals surface area (Å²) < 4.78 is 0. The largest absolute Gasteiger partial charge is 0.368 e. The Balaban J connectivity index is 2.05. The summed E-state index contributed by atoms with van der Waals surface area (Å²) in [6.07, 6.45) is 2.77. The zero-order chi connectivity index (χ0) is 15.8. The molecule has 1 saturated heterocycles. The van der Waals surface area contributed by atoms with Gasteiger partial charge in [0.25, 0.3) is 0 Å². The summed E-state index contributed by atoms with van der Waals surface area (Å²) in [6.45, 7) is 10.9. The minimum atomic E-state index is -0.505. The quantitative estimate of drug-likeness (QED) is 0.805. The number of hydrogen-bond donors (Lipinski definition) is 2. The maximum atomic E-state index is 12.0. The molecule has 2 fully saturated rings. The standard InChI is InChI=1S/C16H32N4O/c1-11(2)18-16(15(17)21)7-6-14(8-16)20-9-12(3)19(5)13(4)10-20/h11-14,18H,6-10H2,1-5H3,(H2,17,21). The summed E-state index contributed by atoms with van der Waals surface area (Å²) in [5.74, 6) is -0.186. The maximum Gasteiger partial charge on any atom is 0.237 e. The Morgan fingerprint density at radius 1 is 1.29 bits per heavy atom. The highest BCUT2D eigenvalue weighted by atomic mass is 16.1. The second-order valence-electron chi connectivity index (χ2n) is 7.46. The number of nitrogens with zero attached hydrogens (tertiary/aromatic N) is 2. The molecular weight excluding hydrogens is 264 g/mol. The predicted octanol–water partition coefficient (Wildman–Crippen LogP) is 0.785. The lowest BCUT2D eigenvalue weighted by atomic mass is 9.94. The summed E-state index contributed by atoms with van der Waals surface area (Å²) >= 11 is 0. The number of nitrogens with two attached hydrogens (primary N) is 1. The summed E-state index contributed by atoms with van der Waals surface area (Å²) in [5.41, 5.74) is 5.22. The van der Waals surface area contributed by atoms with E-state index in [2.05, 4.69) is 49.9 Å². The van der Waals surface area contributed by atoms with Crippen LogP contribution in [0.2, 0.25) is 0 Å². The van der Waals surface area contributed by atoms with Crippen LogP contribution in [0.15, 0.2) is 0 Å². The number of amides is 1. The van der Waals surface area contributed by atoms with Gasteiger partial charge in [0.15, 0.2) is 0 Å². The first kappa shape index (κ1) is 16.7. The fourth-order valence-corrected chi connectivity index (χ4v) is 4.05. The normalized spacial score (nSPS) is 39.0. The van der Waals surface area contributed by atoms with Gasteiger partial charge in [-0.25, -0.2) is 0 Å². The van der Waals surface area contributed by atoms with Crippen LogP contribution in [0.1, 0.15) is 47.0 Å². The van der Waals surface area contributed by atoms with Crippen molar-refractivity contribution in [3.63, 3.8) is 0 Å². The molecule has 5 nitrogen and oxygen atoms in total. The van der Waals surface area contributed by atoms with Crippen molar-refractivity contribution in [1.82, 2.24) is 15.1 Å². The van der Waals surface area contributed by atoms with E-state index in [0.717, 1.165) is 32.4 Å². The van der Waals surface area contributed by atoms with Crippen molar-refractivity contribution < 1.29 is 4.79 Å². The lowest BCUT2D eigenvalue weighted by Crippen LogP contribution is -2.59. The molecule has 1 heterocycles. The third-order valence-electron chi connectivity index (χ3n) is 5.43. The summed E-state index contributed by atoms with van der Waals surface area (Å²) in [7, 11) is 2.20. The summed E-state index contributed by atoms with van der Waals surface area (Å²) in [5, 5.41) is 3.44. The van der Waals surface area contributed by atoms with Crippen molar-refractivity contribution >= 4 is 5.91 Å². The number of nitrogens with one attached hydrogen (secondary N) is 1. The van der Waals surface area contributed by atoms with Crippen molar-refractivity contribution in [3.05, 3.63) is 0 Å². The van der Waals surface area contributed by atoms with E-state index in [1.165, 1.54) is 0 Å². The van der Waals surface area contributed by atoms with E-state index in [0.29, 0.717) is 18.1 Å². The zero-order valence-corrected chi connectivity index (χ0v) is 14.2. The van der Waals surface area contributed by atoms with Crippen molar-refractivity contribution in [2.24, 2.45) is 5.73 Å². The monoisotopic (exact) mass is 296 g/mol. The molecule has 4 unspecified atom stereocenters. The maximum absolute atomic E-state index is 12.0. The zero-order valence-electron chi connectivity index (χ0n) is 14.2. The molecule has 0 aromatic heterocycles. The number of likely N-dealkylation sites (N-methyl/N-ethyl adjacent to an activating group) is 1. The van der Waals surface area contributed by atoms with Crippen molar-refractivity contribution in [2.45, 2.75) is 76.7 Å². The highest BCUT2D eigenvalue weighted by Gasteiger charge is 2.46. The van der Waals surface area contributed by atoms with E-state index in [1.54, 1.807) is 0 Å². The minimum Gasteiger partial charge on any atom is -0.368 e. The fourth-order valence-electron chi connectivity index (χ4n) is 4.05. The third kappa shape index (κ3) is 3.41. The van der Waals surface area contributed by atoms with E-state index in [-0.39, 0.29) is 11.9 Å². The van der Waals surface area contributed by atoms with Crippen LogP contribution in [0.3, 0.4) is 0 Å². The van der Waals surface area contributed by atoms with Crippen LogP contribution in [-0.2, 0) is 4.79 Å². The number of hydrogen-bond acceptors (Lipinski definition) is 4. The second-order valence-corrected chi connectivity index (χ2v) is 7.46. The van der Waals surface area contributed by atoms with Gasteiger partial charge >= 0.3 is 0 Å². The van der Waals surface area contributed by atoms with Crippen LogP contribution in [-0.4, -0.2) is 65.6 Å². The smallest absolute Gasteiger partial charge is 0.237 e. The number of carbonyl (C=O) groups excluding carboxylic acids is 1. The van der Waals surface area contributed by atoms with Gasteiger partial charge in [-0.05, 0) is 54.0 Å². The first-order valence-corrected chi connectivity index (χ1v) is 8.29. The Morgan fingerprint density at radius 3 is 2.33 bits per heavy atom. The van der Waals surface area contributed by atoms with Gasteiger partial charge in [0.1, 0.15) is 0 Å².